The maximum atomic E-state index is 6.16. The summed E-state index contributed by atoms with van der Waals surface area (Å²) in [5.74, 6) is 9.10. The van der Waals surface area contributed by atoms with E-state index in [4.69, 9.17) is 28.7 Å². The summed E-state index contributed by atoms with van der Waals surface area (Å²) in [7, 11) is 0. The van der Waals surface area contributed by atoms with E-state index in [1.54, 1.807) is 37.2 Å². The molecule has 0 saturated carbocycles. The SMILES string of the molecule is Cc1ccc2c(c1)N(c1c(C)cc(C(C)(C)C)cc1C)c1cccnc1O2.Cc1ccc2c(c1)N(c1c(C)cc(C(C)(C)C)cc1C)c1cnccc1O2.Cc1ccc2c(c1)N(c1c(C)cc(C(C)(C)C)cc1C)c1ncccc1O2.Cc1ccc2c(n1)N(c1c(C)cc(C(C)(C)C)cc1C)c1cnncc1O2.Cc1cnc2c(c1)N(c1c(C)cc(C(C)(C)C)cc1C)c1cnncc1O2. The van der Waals surface area contributed by atoms with E-state index in [9.17, 15) is 0 Å². The smallest absolute Gasteiger partial charge is 0.243 e. The lowest BCUT2D eigenvalue weighted by Crippen LogP contribution is -2.21. The zero-order chi connectivity index (χ0) is 96.7. The fraction of sp³-hybridized carbons (Fsp3) is 0.302. The maximum absolute atomic E-state index is 6.16. The third-order valence-electron chi connectivity index (χ3n) is 25.2. The Kier molecular flexibility index (Phi) is 25.2. The summed E-state index contributed by atoms with van der Waals surface area (Å²) in [4.78, 5) is 33.9. The largest absolute Gasteiger partial charge is 0.453 e. The fourth-order valence-electron chi connectivity index (χ4n) is 18.3. The molecule has 0 fully saturated rings. The lowest BCUT2D eigenvalue weighted by molar-refractivity contribution is 0.453. The molecule has 0 atom stereocenters. The van der Waals surface area contributed by atoms with Gasteiger partial charge in [0.15, 0.2) is 57.6 Å². The highest BCUT2D eigenvalue weighted by molar-refractivity contribution is 5.93. The van der Waals surface area contributed by atoms with Crippen molar-refractivity contribution >= 4 is 85.6 Å². The molecule has 19 nitrogen and oxygen atoms in total. The van der Waals surface area contributed by atoms with Gasteiger partial charge in [-0.25, -0.2) is 19.9 Å². The first kappa shape index (κ1) is 93.9. The standard InChI is InChI=1S/3C24H26N2O.2C22H24N4O/c1-15-7-8-21-19(11-15)26(20-14-25-10-9-22(20)27-21)23-16(2)12-18(13-17(23)3)24(4,5)6;1-15-9-10-20-19(12-15)26(23-21(27-20)8-7-11-25-23)22-16(2)13-18(14-17(22)3)24(4,5)6;1-15-9-10-21-20(12-15)26(19-8-7-11-25-23(19)27-21)22-16(2)13-18(14-17(22)3)24(4,5)6;1-13-7-17-21(23-10-13)27-19-12-25-24-11-18(19)26(17)20-14(2)8-16(9-15(20)3)22(4,5)6;1-13-9-16(22(4,5)6)10-14(2)20(13)26-17-11-23-24-12-19(17)27-18-8-7-15(3)25-21(18)26/h3*7-14H,1-6H3;2*7-12H,1-6H3. The van der Waals surface area contributed by atoms with E-state index in [-0.39, 0.29) is 27.1 Å². The lowest BCUT2D eigenvalue weighted by atomic mass is 9.84. The van der Waals surface area contributed by atoms with E-state index in [1.165, 1.54) is 117 Å². The van der Waals surface area contributed by atoms with Crippen LogP contribution in [0, 0.1) is 104 Å². The van der Waals surface area contributed by atoms with Gasteiger partial charge in [0.25, 0.3) is 0 Å². The minimum absolute atomic E-state index is 0.0924. The Morgan fingerprint density at radius 2 is 0.533 bits per heavy atom. The number of nitrogens with zero attached hydrogens (tertiary/aromatic N) is 14. The maximum Gasteiger partial charge on any atom is 0.243 e. The van der Waals surface area contributed by atoms with Gasteiger partial charge in [0.1, 0.15) is 28.4 Å². The van der Waals surface area contributed by atoms with E-state index in [2.05, 4.69) is 374 Å². The molecule has 0 bridgehead atoms. The van der Waals surface area contributed by atoms with Crippen LogP contribution in [0.1, 0.15) is 215 Å². The van der Waals surface area contributed by atoms with Crippen molar-refractivity contribution in [2.45, 2.75) is 235 Å². The van der Waals surface area contributed by atoms with Crippen LogP contribution in [0.3, 0.4) is 0 Å². The highest BCUT2D eigenvalue weighted by Gasteiger charge is 2.38. The summed E-state index contributed by atoms with van der Waals surface area (Å²) >= 11 is 0. The first-order valence-corrected chi connectivity index (χ1v) is 46.5. The van der Waals surface area contributed by atoms with Crippen molar-refractivity contribution in [2.24, 2.45) is 0 Å². The molecule has 8 aromatic carbocycles. The molecule has 5 aliphatic heterocycles. The molecule has 690 valence electrons. The number of benzene rings is 8. The van der Waals surface area contributed by atoms with Gasteiger partial charge in [0.05, 0.1) is 76.5 Å². The van der Waals surface area contributed by atoms with Crippen LogP contribution in [-0.2, 0) is 27.1 Å². The van der Waals surface area contributed by atoms with Crippen molar-refractivity contribution in [3.63, 3.8) is 0 Å². The van der Waals surface area contributed by atoms with Crippen molar-refractivity contribution in [3.05, 3.63) is 331 Å². The molecule has 12 heterocycles. The number of hydrogen-bond donors (Lipinski definition) is 0. The predicted octanol–water partition coefficient (Wildman–Crippen LogP) is 32.0. The molecule has 0 amide bonds. The van der Waals surface area contributed by atoms with Gasteiger partial charge in [0, 0.05) is 36.5 Å². The van der Waals surface area contributed by atoms with Crippen LogP contribution < -0.4 is 48.2 Å². The van der Waals surface area contributed by atoms with Gasteiger partial charge in [-0.15, -0.1) is 0 Å². The zero-order valence-electron chi connectivity index (χ0n) is 84.1. The number of aryl methyl sites for hydroxylation is 15. The Labute approximate surface area is 797 Å². The van der Waals surface area contributed by atoms with E-state index < -0.39 is 0 Å². The van der Waals surface area contributed by atoms with Crippen molar-refractivity contribution in [3.8, 4) is 57.8 Å². The monoisotopic (exact) mass is 1800 g/mol. The molecule has 20 rings (SSSR count). The summed E-state index contributed by atoms with van der Waals surface area (Å²) in [5, 5.41) is 16.1. The minimum Gasteiger partial charge on any atom is -0.453 e. The van der Waals surface area contributed by atoms with Crippen molar-refractivity contribution in [1.29, 1.82) is 0 Å². The summed E-state index contributed by atoms with van der Waals surface area (Å²) < 4.78 is 30.4. The summed E-state index contributed by atoms with van der Waals surface area (Å²) in [5.41, 5.74) is 38.7. The highest BCUT2D eigenvalue weighted by atomic mass is 16.5. The average Bonchev–Trinajstić information content (AvgIpc) is 0.761. The van der Waals surface area contributed by atoms with Crippen LogP contribution >= 0.6 is 0 Å². The number of anilines is 15. The molecule has 15 aromatic rings. The Morgan fingerprint density at radius 1 is 0.222 bits per heavy atom. The van der Waals surface area contributed by atoms with Crippen LogP contribution in [0.25, 0.3) is 0 Å². The first-order valence-electron chi connectivity index (χ1n) is 46.5. The zero-order valence-corrected chi connectivity index (χ0v) is 84.1. The van der Waals surface area contributed by atoms with Crippen LogP contribution in [0.15, 0.2) is 220 Å². The van der Waals surface area contributed by atoms with Crippen molar-refractivity contribution < 1.29 is 23.7 Å². The third kappa shape index (κ3) is 19.0. The molecule has 19 heteroatoms. The van der Waals surface area contributed by atoms with Crippen molar-refractivity contribution in [1.82, 2.24) is 45.3 Å². The van der Waals surface area contributed by atoms with Crippen LogP contribution in [0.5, 0.6) is 57.8 Å². The van der Waals surface area contributed by atoms with Gasteiger partial charge in [-0.3, -0.25) is 14.8 Å². The molecule has 0 unspecified atom stereocenters. The molecule has 7 aromatic heterocycles. The summed E-state index contributed by atoms with van der Waals surface area (Å²) in [6.07, 6.45) is 15.9. The molecule has 135 heavy (non-hydrogen) atoms. The molecule has 0 radical (unpaired) electrons. The Hall–Kier alpha value is -14.3. The first-order chi connectivity index (χ1) is 63.8. The van der Waals surface area contributed by atoms with Gasteiger partial charge in [0.2, 0.25) is 11.8 Å². The van der Waals surface area contributed by atoms with Crippen LogP contribution in [0.2, 0.25) is 0 Å². The number of hydrogen-bond acceptors (Lipinski definition) is 19. The van der Waals surface area contributed by atoms with Crippen LogP contribution in [-0.4, -0.2) is 45.3 Å². The molecule has 0 aliphatic carbocycles. The van der Waals surface area contributed by atoms with Crippen molar-refractivity contribution in [2.75, 3.05) is 24.5 Å². The van der Waals surface area contributed by atoms with E-state index in [0.29, 0.717) is 23.3 Å². The Morgan fingerprint density at radius 3 is 0.985 bits per heavy atom. The van der Waals surface area contributed by atoms with E-state index in [1.807, 2.05) is 81.0 Å². The second-order valence-corrected chi connectivity index (χ2v) is 41.7. The highest BCUT2D eigenvalue weighted by Crippen LogP contribution is 2.58. The predicted molar refractivity (Wildman–Crippen MR) is 551 cm³/mol. The second-order valence-electron chi connectivity index (χ2n) is 41.7. The number of fused-ring (bicyclic) bond motifs is 10. The molecule has 0 saturated heterocycles. The molecule has 5 aliphatic rings. The Balaban J connectivity index is 0.000000123. The molecule has 0 N–H and O–H groups in total. The molecular weight excluding hydrogens is 1670 g/mol. The van der Waals surface area contributed by atoms with Gasteiger partial charge in [-0.1, -0.05) is 183 Å². The second kappa shape index (κ2) is 36.2. The number of aromatic nitrogens is 9. The topological polar surface area (TPSA) is 178 Å². The van der Waals surface area contributed by atoms with Gasteiger partial charge in [-0.2, -0.15) is 20.4 Å². The Bertz CT molecular complexity index is 6030. The number of rotatable bonds is 5. The quantitative estimate of drug-likeness (QED) is 0.159. The fourth-order valence-corrected chi connectivity index (χ4v) is 18.3. The normalized spacial score (nSPS) is 13.0. The third-order valence-corrected chi connectivity index (χ3v) is 25.2. The van der Waals surface area contributed by atoms with Gasteiger partial charge < -0.3 is 38.4 Å². The molecule has 0 spiro atoms. The summed E-state index contributed by atoms with van der Waals surface area (Å²) in [6, 6.07) is 57.7. The number of pyridine rings is 5. The average molecular weight is 1800 g/mol. The lowest BCUT2D eigenvalue weighted by Gasteiger charge is -2.35. The summed E-state index contributed by atoms with van der Waals surface area (Å²) in [6.45, 7) is 65.8. The van der Waals surface area contributed by atoms with Crippen LogP contribution in [0.4, 0.5) is 85.6 Å². The van der Waals surface area contributed by atoms with E-state index >= 15 is 0 Å². The van der Waals surface area contributed by atoms with E-state index in [0.717, 1.165) is 114 Å². The molecular formula is C116H126N14O5. The number of ether oxygens (including phenoxy) is 5. The van der Waals surface area contributed by atoms with Gasteiger partial charge in [-0.05, 0) is 315 Å². The minimum atomic E-state index is 0.0924. The van der Waals surface area contributed by atoms with Gasteiger partial charge >= 0.3 is 0 Å².